The molecule has 0 unspecified atom stereocenters. The zero-order valence-corrected chi connectivity index (χ0v) is 14.3. The predicted octanol–water partition coefficient (Wildman–Crippen LogP) is 4.54. The summed E-state index contributed by atoms with van der Waals surface area (Å²) in [4.78, 5) is 12.6. The topological polar surface area (TPSA) is 46.9 Å². The quantitative estimate of drug-likeness (QED) is 0.664. The van der Waals surface area contributed by atoms with E-state index in [9.17, 15) is 18.0 Å². The smallest absolute Gasteiger partial charge is 0.349 e. The van der Waals surface area contributed by atoms with Crippen LogP contribution >= 0.6 is 11.3 Å². The van der Waals surface area contributed by atoms with Gasteiger partial charge in [0, 0.05) is 12.1 Å². The summed E-state index contributed by atoms with van der Waals surface area (Å²) in [5, 5.41) is 8.14. The molecular formula is C18H14F3N3OS. The van der Waals surface area contributed by atoms with Gasteiger partial charge in [-0.2, -0.15) is 18.3 Å². The third-order valence-electron chi connectivity index (χ3n) is 3.55. The maximum atomic E-state index is 13.1. The number of carbonyl (C=O) groups is 1. The third-order valence-corrected chi connectivity index (χ3v) is 4.45. The number of alkyl halides is 3. The van der Waals surface area contributed by atoms with Crippen molar-refractivity contribution in [2.75, 3.05) is 6.54 Å². The van der Waals surface area contributed by atoms with E-state index in [0.29, 0.717) is 28.4 Å². The molecule has 3 rings (SSSR count). The standard InChI is InChI=1S/C18H14F3N3OS/c1-2-9-22-17(25)12-5-7-13(8-6-12)24-14(15-4-3-10-26-15)11-16(23-24)18(19,20)21/h2-8,10-11H,1,9H2,(H,22,25). The van der Waals surface area contributed by atoms with E-state index >= 15 is 0 Å². The molecule has 134 valence electrons. The fraction of sp³-hybridized carbons (Fsp3) is 0.111. The molecule has 8 heteroatoms. The Bertz CT molecular complexity index is 912. The van der Waals surface area contributed by atoms with Crippen molar-refractivity contribution in [1.82, 2.24) is 15.1 Å². The first-order valence-electron chi connectivity index (χ1n) is 7.61. The monoisotopic (exact) mass is 377 g/mol. The Hall–Kier alpha value is -2.87. The number of rotatable bonds is 5. The zero-order chi connectivity index (χ0) is 18.7. The maximum Gasteiger partial charge on any atom is 0.435 e. The fourth-order valence-electron chi connectivity index (χ4n) is 2.34. The van der Waals surface area contributed by atoms with Gasteiger partial charge in [0.25, 0.3) is 5.91 Å². The lowest BCUT2D eigenvalue weighted by Gasteiger charge is -2.08. The van der Waals surface area contributed by atoms with E-state index in [1.54, 1.807) is 47.9 Å². The lowest BCUT2D eigenvalue weighted by molar-refractivity contribution is -0.141. The lowest BCUT2D eigenvalue weighted by Crippen LogP contribution is -2.23. The Morgan fingerprint density at radius 1 is 1.27 bits per heavy atom. The molecule has 0 saturated heterocycles. The Labute approximate surface area is 151 Å². The molecule has 3 aromatic rings. The van der Waals surface area contributed by atoms with Crippen LogP contribution in [0.2, 0.25) is 0 Å². The number of nitrogens with zero attached hydrogens (tertiary/aromatic N) is 2. The summed E-state index contributed by atoms with van der Waals surface area (Å²) in [6.07, 6.45) is -2.98. The van der Waals surface area contributed by atoms with Crippen LogP contribution in [0.5, 0.6) is 0 Å². The van der Waals surface area contributed by atoms with Crippen molar-refractivity contribution in [2.45, 2.75) is 6.18 Å². The summed E-state index contributed by atoms with van der Waals surface area (Å²) in [6, 6.07) is 10.7. The van der Waals surface area contributed by atoms with Crippen molar-refractivity contribution in [1.29, 1.82) is 0 Å². The van der Waals surface area contributed by atoms with Crippen LogP contribution < -0.4 is 5.32 Å². The Morgan fingerprint density at radius 2 is 2.00 bits per heavy atom. The molecule has 0 aliphatic rings. The number of carbonyl (C=O) groups excluding carboxylic acids is 1. The number of hydrogen-bond donors (Lipinski definition) is 1. The molecule has 0 radical (unpaired) electrons. The third kappa shape index (κ3) is 3.70. The van der Waals surface area contributed by atoms with E-state index in [2.05, 4.69) is 17.0 Å². The van der Waals surface area contributed by atoms with Gasteiger partial charge in [-0.1, -0.05) is 12.1 Å². The average molecular weight is 377 g/mol. The Morgan fingerprint density at radius 3 is 2.58 bits per heavy atom. The highest BCUT2D eigenvalue weighted by Crippen LogP contribution is 2.34. The molecule has 1 aromatic carbocycles. The van der Waals surface area contributed by atoms with Gasteiger partial charge in [0.1, 0.15) is 0 Å². The maximum absolute atomic E-state index is 13.1. The minimum absolute atomic E-state index is 0.286. The van der Waals surface area contributed by atoms with Crippen molar-refractivity contribution in [2.24, 2.45) is 0 Å². The fourth-order valence-corrected chi connectivity index (χ4v) is 3.06. The molecule has 26 heavy (non-hydrogen) atoms. The van der Waals surface area contributed by atoms with Crippen molar-refractivity contribution in [3.63, 3.8) is 0 Å². The molecule has 2 heterocycles. The number of benzene rings is 1. The molecule has 0 bridgehead atoms. The second-order valence-corrected chi connectivity index (χ2v) is 6.29. The van der Waals surface area contributed by atoms with Gasteiger partial charge in [-0.3, -0.25) is 4.79 Å². The van der Waals surface area contributed by atoms with Gasteiger partial charge in [0.2, 0.25) is 0 Å². The van der Waals surface area contributed by atoms with E-state index in [-0.39, 0.29) is 5.91 Å². The summed E-state index contributed by atoms with van der Waals surface area (Å²) in [5.74, 6) is -0.286. The van der Waals surface area contributed by atoms with Gasteiger partial charge in [-0.25, -0.2) is 4.68 Å². The lowest BCUT2D eigenvalue weighted by atomic mass is 10.2. The van der Waals surface area contributed by atoms with Gasteiger partial charge in [-0.15, -0.1) is 17.9 Å². The van der Waals surface area contributed by atoms with Crippen molar-refractivity contribution in [3.05, 3.63) is 71.8 Å². The van der Waals surface area contributed by atoms with Crippen molar-refractivity contribution in [3.8, 4) is 16.3 Å². The van der Waals surface area contributed by atoms with E-state index < -0.39 is 11.9 Å². The second kappa shape index (κ2) is 7.17. The van der Waals surface area contributed by atoms with E-state index in [0.717, 1.165) is 6.07 Å². The number of amides is 1. The van der Waals surface area contributed by atoms with Crippen LogP contribution in [0.3, 0.4) is 0 Å². The van der Waals surface area contributed by atoms with Crippen LogP contribution in [0, 0.1) is 0 Å². The number of thiophene rings is 1. The van der Waals surface area contributed by atoms with Crippen LogP contribution in [0.25, 0.3) is 16.3 Å². The largest absolute Gasteiger partial charge is 0.435 e. The number of hydrogen-bond acceptors (Lipinski definition) is 3. The minimum Gasteiger partial charge on any atom is -0.349 e. The molecule has 0 spiro atoms. The SMILES string of the molecule is C=CCNC(=O)c1ccc(-n2nc(C(F)(F)F)cc2-c2cccs2)cc1. The van der Waals surface area contributed by atoms with Gasteiger partial charge in [-0.05, 0) is 41.8 Å². The zero-order valence-electron chi connectivity index (χ0n) is 13.5. The van der Waals surface area contributed by atoms with Crippen LogP contribution in [-0.4, -0.2) is 22.2 Å². The highest BCUT2D eigenvalue weighted by Gasteiger charge is 2.35. The second-order valence-electron chi connectivity index (χ2n) is 5.35. The molecule has 0 fully saturated rings. The average Bonchev–Trinajstić information content (AvgIpc) is 3.28. The van der Waals surface area contributed by atoms with Gasteiger partial charge < -0.3 is 5.32 Å². The minimum atomic E-state index is -4.54. The molecule has 2 aromatic heterocycles. The normalized spacial score (nSPS) is 11.3. The molecule has 1 amide bonds. The molecular weight excluding hydrogens is 363 g/mol. The number of halogens is 3. The van der Waals surface area contributed by atoms with E-state index in [4.69, 9.17) is 0 Å². The predicted molar refractivity (Wildman–Crippen MR) is 94.4 cm³/mol. The summed E-state index contributed by atoms with van der Waals surface area (Å²) < 4.78 is 40.5. The molecule has 0 atom stereocenters. The first kappa shape index (κ1) is 17.9. The summed E-state index contributed by atoms with van der Waals surface area (Å²) >= 11 is 1.32. The van der Waals surface area contributed by atoms with Gasteiger partial charge in [0.15, 0.2) is 5.69 Å². The summed E-state index contributed by atoms with van der Waals surface area (Å²) in [7, 11) is 0. The molecule has 1 N–H and O–H groups in total. The number of aromatic nitrogens is 2. The molecule has 4 nitrogen and oxygen atoms in total. The first-order chi connectivity index (χ1) is 12.4. The van der Waals surface area contributed by atoms with Crippen molar-refractivity contribution >= 4 is 17.2 Å². The van der Waals surface area contributed by atoms with Gasteiger partial charge >= 0.3 is 6.18 Å². The van der Waals surface area contributed by atoms with E-state index in [1.807, 2.05) is 0 Å². The van der Waals surface area contributed by atoms with Crippen LogP contribution in [-0.2, 0) is 6.18 Å². The summed E-state index contributed by atoms with van der Waals surface area (Å²) in [6.45, 7) is 3.85. The highest BCUT2D eigenvalue weighted by molar-refractivity contribution is 7.13. The molecule has 0 aliphatic carbocycles. The van der Waals surface area contributed by atoms with Gasteiger partial charge in [0.05, 0.1) is 16.3 Å². The van der Waals surface area contributed by atoms with Crippen LogP contribution in [0.1, 0.15) is 16.1 Å². The van der Waals surface area contributed by atoms with E-state index in [1.165, 1.54) is 16.0 Å². The molecule has 0 saturated carbocycles. The molecule has 0 aliphatic heterocycles. The Kier molecular flexibility index (Phi) is 4.94. The van der Waals surface area contributed by atoms with Crippen molar-refractivity contribution < 1.29 is 18.0 Å². The van der Waals surface area contributed by atoms with Crippen LogP contribution in [0.15, 0.2) is 60.5 Å². The highest BCUT2D eigenvalue weighted by atomic mass is 32.1. The Balaban J connectivity index is 1.99. The van der Waals surface area contributed by atoms with Crippen LogP contribution in [0.4, 0.5) is 13.2 Å². The number of nitrogens with one attached hydrogen (secondary N) is 1. The first-order valence-corrected chi connectivity index (χ1v) is 8.49. The summed E-state index contributed by atoms with van der Waals surface area (Å²) in [5.41, 5.74) is 0.213.